The molecule has 1 unspecified atom stereocenters. The number of aliphatic hydroxyl groups is 1. The third-order valence-corrected chi connectivity index (χ3v) is 7.15. The van der Waals surface area contributed by atoms with Gasteiger partial charge in [-0.1, -0.05) is 19.1 Å². The zero-order valence-corrected chi connectivity index (χ0v) is 22.2. The molecule has 0 aromatic heterocycles. The summed E-state index contributed by atoms with van der Waals surface area (Å²) >= 11 is 0. The van der Waals surface area contributed by atoms with Crippen molar-refractivity contribution in [2.24, 2.45) is 0 Å². The lowest BCUT2D eigenvalue weighted by molar-refractivity contribution is -0.119. The van der Waals surface area contributed by atoms with Crippen LogP contribution in [0.5, 0.6) is 17.2 Å². The summed E-state index contributed by atoms with van der Waals surface area (Å²) in [7, 11) is 1.62. The van der Waals surface area contributed by atoms with Gasteiger partial charge in [0.05, 0.1) is 44.8 Å². The fourth-order valence-corrected chi connectivity index (χ4v) is 5.18. The molecule has 38 heavy (non-hydrogen) atoms. The number of aliphatic hydroxyl groups excluding tert-OH is 1. The molecule has 1 fully saturated rings. The molecule has 204 valence electrons. The fourth-order valence-electron chi connectivity index (χ4n) is 5.18. The Labute approximate surface area is 223 Å². The van der Waals surface area contributed by atoms with Crippen molar-refractivity contribution in [3.8, 4) is 17.2 Å². The van der Waals surface area contributed by atoms with Gasteiger partial charge in [-0.15, -0.1) is 0 Å². The van der Waals surface area contributed by atoms with E-state index in [0.717, 1.165) is 62.6 Å². The van der Waals surface area contributed by atoms with Gasteiger partial charge in [-0.25, -0.2) is 0 Å². The van der Waals surface area contributed by atoms with Gasteiger partial charge in [0, 0.05) is 49.9 Å². The zero-order valence-electron chi connectivity index (χ0n) is 22.2. The number of methoxy groups -OCH3 is 1. The number of rotatable bonds is 10. The topological polar surface area (TPSA) is 92.7 Å². The van der Waals surface area contributed by atoms with Gasteiger partial charge in [-0.2, -0.15) is 0 Å². The highest BCUT2D eigenvalue weighted by molar-refractivity contribution is 5.90. The Morgan fingerprint density at radius 3 is 2.71 bits per heavy atom. The summed E-state index contributed by atoms with van der Waals surface area (Å²) in [5.41, 5.74) is 3.88. The third-order valence-electron chi connectivity index (χ3n) is 7.15. The summed E-state index contributed by atoms with van der Waals surface area (Å²) in [6, 6.07) is 9.56. The Morgan fingerprint density at radius 1 is 1.18 bits per heavy atom. The molecular formula is C29H37N3O6. The Morgan fingerprint density at radius 2 is 1.97 bits per heavy atom. The number of morpholine rings is 1. The van der Waals surface area contributed by atoms with E-state index in [0.29, 0.717) is 48.1 Å². The van der Waals surface area contributed by atoms with Gasteiger partial charge >= 0.3 is 0 Å². The van der Waals surface area contributed by atoms with Crippen LogP contribution in [0.3, 0.4) is 0 Å². The third kappa shape index (κ3) is 5.60. The standard InChI is InChI=1S/C29H37N3O6/c1-3-13-37-24-17-21-8-14-38-29(21)26-27(24)32(19-25(33)30-9-10-31-11-15-36-16-12-31)18-23(28(26)34)20-4-6-22(35-2)7-5-20/h4-7,17-18,28,34H,3,8-16,19H2,1-2H3,(H,30,33). The van der Waals surface area contributed by atoms with Crippen molar-refractivity contribution < 1.29 is 28.8 Å². The van der Waals surface area contributed by atoms with Crippen molar-refractivity contribution in [3.05, 3.63) is 53.2 Å². The average Bonchev–Trinajstić information content (AvgIpc) is 3.42. The minimum atomic E-state index is -0.934. The van der Waals surface area contributed by atoms with Crippen LogP contribution in [0, 0.1) is 0 Å². The number of nitrogens with zero attached hydrogens (tertiary/aromatic N) is 2. The van der Waals surface area contributed by atoms with Crippen LogP contribution >= 0.6 is 0 Å². The molecule has 2 aromatic rings. The SMILES string of the molecule is CCCOc1cc2c(c3c1N(CC(=O)NCCN1CCOCC1)C=C(c1ccc(OC)cc1)C3O)OCC2. The molecule has 0 aliphatic carbocycles. The number of ether oxygens (including phenoxy) is 4. The number of benzene rings is 2. The highest BCUT2D eigenvalue weighted by atomic mass is 16.5. The maximum Gasteiger partial charge on any atom is 0.239 e. The van der Waals surface area contributed by atoms with Crippen molar-refractivity contribution in [1.82, 2.24) is 10.2 Å². The molecule has 5 rings (SSSR count). The first-order valence-electron chi connectivity index (χ1n) is 13.4. The largest absolute Gasteiger partial charge is 0.497 e. The smallest absolute Gasteiger partial charge is 0.239 e. The van der Waals surface area contributed by atoms with Crippen molar-refractivity contribution >= 4 is 17.2 Å². The molecule has 3 heterocycles. The summed E-state index contributed by atoms with van der Waals surface area (Å²) in [6.07, 6.45) is 2.52. The van der Waals surface area contributed by atoms with Gasteiger partial charge in [-0.05, 0) is 30.2 Å². The van der Waals surface area contributed by atoms with E-state index >= 15 is 0 Å². The van der Waals surface area contributed by atoms with Gasteiger partial charge in [0.15, 0.2) is 0 Å². The first-order chi connectivity index (χ1) is 18.6. The van der Waals surface area contributed by atoms with Gasteiger partial charge in [0.2, 0.25) is 5.91 Å². The molecular weight excluding hydrogens is 486 g/mol. The summed E-state index contributed by atoms with van der Waals surface area (Å²) in [5.74, 6) is 1.98. The second-order valence-electron chi connectivity index (χ2n) is 9.72. The van der Waals surface area contributed by atoms with E-state index in [4.69, 9.17) is 18.9 Å². The van der Waals surface area contributed by atoms with E-state index in [2.05, 4.69) is 17.1 Å². The molecule has 1 amide bonds. The first-order valence-corrected chi connectivity index (χ1v) is 13.4. The highest BCUT2D eigenvalue weighted by Crippen LogP contribution is 2.52. The van der Waals surface area contributed by atoms with Gasteiger partial charge < -0.3 is 34.3 Å². The van der Waals surface area contributed by atoms with Crippen molar-refractivity contribution in [2.45, 2.75) is 25.9 Å². The molecule has 1 atom stereocenters. The van der Waals surface area contributed by atoms with E-state index < -0.39 is 6.10 Å². The second kappa shape index (κ2) is 12.1. The molecule has 2 aromatic carbocycles. The van der Waals surface area contributed by atoms with Gasteiger partial charge in [0.25, 0.3) is 0 Å². The number of anilines is 1. The Kier molecular flexibility index (Phi) is 8.36. The number of carbonyl (C=O) groups is 1. The lowest BCUT2D eigenvalue weighted by Crippen LogP contribution is -2.43. The summed E-state index contributed by atoms with van der Waals surface area (Å²) in [4.78, 5) is 17.3. The minimum Gasteiger partial charge on any atom is -0.497 e. The van der Waals surface area contributed by atoms with Gasteiger partial charge in [0.1, 0.15) is 29.9 Å². The minimum absolute atomic E-state index is 0.0871. The van der Waals surface area contributed by atoms with E-state index in [9.17, 15) is 9.90 Å². The van der Waals surface area contributed by atoms with Crippen LogP contribution in [0.25, 0.3) is 5.57 Å². The predicted octanol–water partition coefficient (Wildman–Crippen LogP) is 2.76. The maximum atomic E-state index is 13.2. The zero-order chi connectivity index (χ0) is 26.5. The van der Waals surface area contributed by atoms with Crippen LogP contribution in [0.15, 0.2) is 36.5 Å². The van der Waals surface area contributed by atoms with Crippen molar-refractivity contribution in [3.63, 3.8) is 0 Å². The van der Waals surface area contributed by atoms with E-state index in [1.54, 1.807) is 7.11 Å². The van der Waals surface area contributed by atoms with Crippen LogP contribution in [0.4, 0.5) is 5.69 Å². The van der Waals surface area contributed by atoms with Crippen LogP contribution in [-0.2, 0) is 16.0 Å². The fraction of sp³-hybridized carbons (Fsp3) is 0.483. The highest BCUT2D eigenvalue weighted by Gasteiger charge is 2.36. The van der Waals surface area contributed by atoms with Crippen LogP contribution in [0.1, 0.15) is 36.1 Å². The number of nitrogens with one attached hydrogen (secondary N) is 1. The number of hydrogen-bond acceptors (Lipinski definition) is 8. The lowest BCUT2D eigenvalue weighted by Gasteiger charge is -2.35. The average molecular weight is 524 g/mol. The molecule has 9 nitrogen and oxygen atoms in total. The molecule has 1 saturated heterocycles. The molecule has 9 heteroatoms. The molecule has 0 radical (unpaired) electrons. The van der Waals surface area contributed by atoms with Crippen molar-refractivity contribution in [2.75, 3.05) is 71.2 Å². The number of hydrogen-bond donors (Lipinski definition) is 2. The molecule has 2 N–H and O–H groups in total. The van der Waals surface area contributed by atoms with E-state index in [1.165, 1.54) is 0 Å². The Bertz CT molecular complexity index is 1160. The van der Waals surface area contributed by atoms with E-state index in [1.807, 2.05) is 41.4 Å². The first kappa shape index (κ1) is 26.3. The summed E-state index contributed by atoms with van der Waals surface area (Å²) < 4.78 is 22.9. The van der Waals surface area contributed by atoms with Crippen LogP contribution in [0.2, 0.25) is 0 Å². The Balaban J connectivity index is 1.45. The molecule has 0 spiro atoms. The van der Waals surface area contributed by atoms with Crippen molar-refractivity contribution in [1.29, 1.82) is 0 Å². The predicted molar refractivity (Wildman–Crippen MR) is 145 cm³/mol. The lowest BCUT2D eigenvalue weighted by atomic mass is 9.89. The van der Waals surface area contributed by atoms with Gasteiger partial charge in [-0.3, -0.25) is 9.69 Å². The molecule has 3 aliphatic rings. The monoisotopic (exact) mass is 523 g/mol. The second-order valence-corrected chi connectivity index (χ2v) is 9.72. The normalized spacial score (nSPS) is 18.8. The quantitative estimate of drug-likeness (QED) is 0.491. The van der Waals surface area contributed by atoms with Crippen LogP contribution < -0.4 is 24.4 Å². The molecule has 0 bridgehead atoms. The molecule has 0 saturated carbocycles. The number of fused-ring (bicyclic) bond motifs is 3. The maximum absolute atomic E-state index is 13.2. The Hall–Kier alpha value is -3.27. The number of carbonyl (C=O) groups excluding carboxylic acids is 1. The summed E-state index contributed by atoms with van der Waals surface area (Å²) in [5, 5.41) is 14.7. The van der Waals surface area contributed by atoms with Crippen LogP contribution in [-0.4, -0.2) is 82.2 Å². The molecule has 3 aliphatic heterocycles. The summed E-state index contributed by atoms with van der Waals surface area (Å²) in [6.45, 7) is 7.79. The van der Waals surface area contributed by atoms with E-state index in [-0.39, 0.29) is 12.5 Å². The number of amides is 1.